The molecule has 1 amide bonds. The van der Waals surface area contributed by atoms with E-state index in [1.54, 1.807) is 20.8 Å². The van der Waals surface area contributed by atoms with Gasteiger partial charge >= 0.3 is 0 Å². The highest BCUT2D eigenvalue weighted by molar-refractivity contribution is 7.89. The molecule has 0 aliphatic rings. The van der Waals surface area contributed by atoms with Crippen LogP contribution in [0.25, 0.3) is 0 Å². The quantitative estimate of drug-likeness (QED) is 0.423. The Labute approximate surface area is 164 Å². The second-order valence-corrected chi connectivity index (χ2v) is 7.89. The van der Waals surface area contributed by atoms with Crippen molar-refractivity contribution in [3.8, 4) is 0 Å². The third-order valence-corrected chi connectivity index (χ3v) is 6.24. The average Bonchev–Trinajstić information content (AvgIpc) is 2.67. The van der Waals surface area contributed by atoms with Gasteiger partial charge in [-0.05, 0) is 24.6 Å². The first-order valence-electron chi connectivity index (χ1n) is 8.40. The third-order valence-electron chi connectivity index (χ3n) is 4.15. The van der Waals surface area contributed by atoms with Crippen LogP contribution in [0.5, 0.6) is 0 Å². The van der Waals surface area contributed by atoms with Crippen molar-refractivity contribution in [2.24, 2.45) is 0 Å². The summed E-state index contributed by atoms with van der Waals surface area (Å²) in [5.74, 6) is -13.3. The molecule has 2 aromatic carbocycles. The van der Waals surface area contributed by atoms with Crippen LogP contribution < -0.4 is 5.32 Å². The Balaban J connectivity index is 2.59. The number of hydrogen-bond acceptors (Lipinski definition) is 3. The van der Waals surface area contributed by atoms with Crippen LogP contribution in [-0.4, -0.2) is 31.7 Å². The van der Waals surface area contributed by atoms with E-state index >= 15 is 0 Å². The lowest BCUT2D eigenvalue weighted by Crippen LogP contribution is -2.31. The van der Waals surface area contributed by atoms with Gasteiger partial charge < -0.3 is 5.32 Å². The summed E-state index contributed by atoms with van der Waals surface area (Å²) in [6.07, 6.45) is 0. The van der Waals surface area contributed by atoms with E-state index in [1.807, 2.05) is 5.32 Å². The Morgan fingerprint density at radius 2 is 1.41 bits per heavy atom. The first kappa shape index (κ1) is 22.8. The Hall–Kier alpha value is -2.53. The zero-order valence-corrected chi connectivity index (χ0v) is 16.4. The Morgan fingerprint density at radius 1 is 0.931 bits per heavy atom. The van der Waals surface area contributed by atoms with Crippen LogP contribution >= 0.6 is 0 Å². The summed E-state index contributed by atoms with van der Waals surface area (Å²) in [6, 6.07) is 3.80. The van der Waals surface area contributed by atoms with Crippen LogP contribution in [0.4, 0.5) is 27.6 Å². The maximum Gasteiger partial charge on any atom is 0.261 e. The number of carbonyl (C=O) groups is 1. The van der Waals surface area contributed by atoms with Gasteiger partial charge in [0.05, 0.1) is 5.69 Å². The zero-order valence-electron chi connectivity index (χ0n) is 15.6. The van der Waals surface area contributed by atoms with Crippen LogP contribution in [0.15, 0.2) is 23.1 Å². The molecule has 0 unspecified atom stereocenters. The minimum absolute atomic E-state index is 0.109. The minimum Gasteiger partial charge on any atom is -0.321 e. The molecule has 158 valence electrons. The number of hydrogen-bond donors (Lipinski definition) is 1. The van der Waals surface area contributed by atoms with Gasteiger partial charge in [-0.3, -0.25) is 4.79 Å². The third kappa shape index (κ3) is 4.10. The molecule has 0 aliphatic heterocycles. The van der Waals surface area contributed by atoms with Crippen molar-refractivity contribution in [3.63, 3.8) is 0 Å². The monoisotopic (exact) mass is 436 g/mol. The largest absolute Gasteiger partial charge is 0.321 e. The van der Waals surface area contributed by atoms with Crippen LogP contribution in [0, 0.1) is 36.0 Å². The summed E-state index contributed by atoms with van der Waals surface area (Å²) in [7, 11) is -4.10. The van der Waals surface area contributed by atoms with E-state index < -0.39 is 50.6 Å². The topological polar surface area (TPSA) is 66.5 Å². The van der Waals surface area contributed by atoms with Crippen molar-refractivity contribution in [2.45, 2.75) is 25.7 Å². The summed E-state index contributed by atoms with van der Waals surface area (Å²) < 4.78 is 94.4. The molecule has 11 heteroatoms. The smallest absolute Gasteiger partial charge is 0.261 e. The van der Waals surface area contributed by atoms with Gasteiger partial charge in [0.15, 0.2) is 23.3 Å². The molecule has 2 rings (SSSR count). The molecule has 0 aliphatic carbocycles. The molecule has 0 radical (unpaired) electrons. The number of aryl methyl sites for hydroxylation is 1. The normalized spacial score (nSPS) is 11.8. The van der Waals surface area contributed by atoms with Gasteiger partial charge in [-0.2, -0.15) is 4.31 Å². The molecule has 0 heterocycles. The lowest BCUT2D eigenvalue weighted by atomic mass is 10.1. The first-order valence-corrected chi connectivity index (χ1v) is 9.84. The standard InChI is InChI=1S/C18H17F5N2O3S/c1-4-25(5-2)29(27,28)11-8-9(3)6-7-10(11)24-18(26)12-13(19)15(21)17(23)16(22)14(12)20/h6-8H,4-5H2,1-3H3,(H,24,26). The Bertz CT molecular complexity index is 1040. The Morgan fingerprint density at radius 3 is 1.90 bits per heavy atom. The van der Waals surface area contributed by atoms with E-state index in [-0.39, 0.29) is 23.7 Å². The lowest BCUT2D eigenvalue weighted by Gasteiger charge is -2.21. The maximum atomic E-state index is 13.9. The van der Waals surface area contributed by atoms with Gasteiger partial charge in [0.2, 0.25) is 15.8 Å². The van der Waals surface area contributed by atoms with Crippen molar-refractivity contribution in [2.75, 3.05) is 18.4 Å². The summed E-state index contributed by atoms with van der Waals surface area (Å²) in [5.41, 5.74) is -1.57. The van der Waals surface area contributed by atoms with Crippen molar-refractivity contribution >= 4 is 21.6 Å². The second kappa shape index (κ2) is 8.46. The molecular formula is C18H17F5N2O3S. The number of sulfonamides is 1. The number of nitrogens with one attached hydrogen (secondary N) is 1. The molecule has 5 nitrogen and oxygen atoms in total. The van der Waals surface area contributed by atoms with Crippen LogP contribution in [-0.2, 0) is 10.0 Å². The van der Waals surface area contributed by atoms with Crippen LogP contribution in [0.2, 0.25) is 0 Å². The van der Waals surface area contributed by atoms with Gasteiger partial charge in [0.25, 0.3) is 5.91 Å². The molecule has 0 fully saturated rings. The zero-order chi connectivity index (χ0) is 22.1. The van der Waals surface area contributed by atoms with E-state index in [0.717, 1.165) is 10.4 Å². The Kier molecular flexibility index (Phi) is 6.63. The minimum atomic E-state index is -4.10. The van der Waals surface area contributed by atoms with E-state index in [0.29, 0.717) is 5.56 Å². The summed E-state index contributed by atoms with van der Waals surface area (Å²) in [5, 5.41) is 1.94. The van der Waals surface area contributed by atoms with Crippen LogP contribution in [0.1, 0.15) is 29.8 Å². The molecule has 0 saturated heterocycles. The highest BCUT2D eigenvalue weighted by Crippen LogP contribution is 2.28. The molecule has 2 aromatic rings. The van der Waals surface area contributed by atoms with E-state index in [9.17, 15) is 35.2 Å². The fourth-order valence-electron chi connectivity index (χ4n) is 2.64. The highest BCUT2D eigenvalue weighted by atomic mass is 32.2. The number of halogens is 5. The van der Waals surface area contributed by atoms with Gasteiger partial charge in [-0.1, -0.05) is 19.9 Å². The van der Waals surface area contributed by atoms with Crippen molar-refractivity contribution in [1.29, 1.82) is 0 Å². The number of amides is 1. The molecule has 0 spiro atoms. The summed E-state index contributed by atoms with van der Waals surface area (Å²) in [6.45, 7) is 4.97. The maximum absolute atomic E-state index is 13.9. The van der Waals surface area contributed by atoms with Gasteiger partial charge in [0, 0.05) is 13.1 Å². The summed E-state index contributed by atoms with van der Waals surface area (Å²) >= 11 is 0. The highest BCUT2D eigenvalue weighted by Gasteiger charge is 2.31. The van der Waals surface area contributed by atoms with E-state index in [4.69, 9.17) is 0 Å². The van der Waals surface area contributed by atoms with Crippen molar-refractivity contribution < 1.29 is 35.2 Å². The van der Waals surface area contributed by atoms with E-state index in [2.05, 4.69) is 0 Å². The first-order chi connectivity index (χ1) is 13.5. The molecule has 0 aromatic heterocycles. The van der Waals surface area contributed by atoms with Crippen molar-refractivity contribution in [3.05, 3.63) is 58.4 Å². The predicted molar refractivity (Wildman–Crippen MR) is 95.5 cm³/mol. The van der Waals surface area contributed by atoms with Crippen LogP contribution in [0.3, 0.4) is 0 Å². The fraction of sp³-hybridized carbons (Fsp3) is 0.278. The molecule has 1 N–H and O–H groups in total. The number of benzene rings is 2. The molecular weight excluding hydrogens is 419 g/mol. The average molecular weight is 436 g/mol. The SMILES string of the molecule is CCN(CC)S(=O)(=O)c1cc(C)ccc1NC(=O)c1c(F)c(F)c(F)c(F)c1F. The molecule has 0 saturated carbocycles. The van der Waals surface area contributed by atoms with Crippen molar-refractivity contribution in [1.82, 2.24) is 4.31 Å². The number of anilines is 1. The predicted octanol–water partition coefficient (Wildman–Crippen LogP) is 3.97. The molecule has 0 atom stereocenters. The number of carbonyl (C=O) groups excluding carboxylic acids is 1. The fourth-order valence-corrected chi connectivity index (χ4v) is 4.33. The van der Waals surface area contributed by atoms with Gasteiger partial charge in [-0.15, -0.1) is 0 Å². The number of nitrogens with zero attached hydrogens (tertiary/aromatic N) is 1. The molecule has 29 heavy (non-hydrogen) atoms. The summed E-state index contributed by atoms with van der Waals surface area (Å²) in [4.78, 5) is 11.9. The molecule has 0 bridgehead atoms. The van der Waals surface area contributed by atoms with Gasteiger partial charge in [0.1, 0.15) is 10.5 Å². The van der Waals surface area contributed by atoms with Gasteiger partial charge in [-0.25, -0.2) is 30.4 Å². The number of rotatable bonds is 6. The second-order valence-electron chi connectivity index (χ2n) is 5.99. The van der Waals surface area contributed by atoms with E-state index in [1.165, 1.54) is 12.1 Å². The lowest BCUT2D eigenvalue weighted by molar-refractivity contribution is 0.101.